The fourth-order valence-corrected chi connectivity index (χ4v) is 6.07. The number of sulfone groups is 1. The van der Waals surface area contributed by atoms with E-state index in [-0.39, 0.29) is 45.2 Å². The largest absolute Gasteiger partial charge is 0.480 e. The first kappa shape index (κ1) is 31.0. The Morgan fingerprint density at radius 1 is 1.10 bits per heavy atom. The van der Waals surface area contributed by atoms with Crippen LogP contribution in [0.5, 0.6) is 0 Å². The number of aliphatic carboxylic acids is 1. The maximum atomic E-state index is 13.3. The molecular formula is C29H28Cl2N4O6S. The summed E-state index contributed by atoms with van der Waals surface area (Å²) in [6, 6.07) is 13.3. The fraction of sp³-hybridized carbons (Fsp3) is 0.241. The lowest BCUT2D eigenvalue weighted by Gasteiger charge is -2.21. The predicted molar refractivity (Wildman–Crippen MR) is 160 cm³/mol. The van der Waals surface area contributed by atoms with Gasteiger partial charge in [-0.25, -0.2) is 18.2 Å². The van der Waals surface area contributed by atoms with Gasteiger partial charge in [0.25, 0.3) is 11.8 Å². The molecule has 0 radical (unpaired) electrons. The number of nitrogens with zero attached hydrogens (tertiary/aromatic N) is 2. The van der Waals surface area contributed by atoms with Gasteiger partial charge >= 0.3 is 5.97 Å². The lowest BCUT2D eigenvalue weighted by Crippen LogP contribution is -2.42. The summed E-state index contributed by atoms with van der Waals surface area (Å²) in [6.45, 7) is 1.95. The van der Waals surface area contributed by atoms with Crippen LogP contribution in [-0.4, -0.2) is 65.5 Å². The molecule has 4 rings (SSSR count). The molecular weight excluding hydrogens is 603 g/mol. The number of aromatic amines is 1. The van der Waals surface area contributed by atoms with E-state index in [0.29, 0.717) is 28.6 Å². The summed E-state index contributed by atoms with van der Waals surface area (Å²) in [5, 5.41) is 12.3. The summed E-state index contributed by atoms with van der Waals surface area (Å²) in [5.41, 5.74) is 2.89. The lowest BCUT2D eigenvalue weighted by atomic mass is 9.99. The molecule has 1 atom stereocenters. The van der Waals surface area contributed by atoms with Gasteiger partial charge in [-0.3, -0.25) is 9.59 Å². The number of rotatable bonds is 10. The number of halogens is 2. The minimum absolute atomic E-state index is 0.0162. The molecule has 0 saturated heterocycles. The molecule has 0 aliphatic rings. The molecule has 3 N–H and O–H groups in total. The topological polar surface area (TPSA) is 150 Å². The molecule has 10 nitrogen and oxygen atoms in total. The van der Waals surface area contributed by atoms with Gasteiger partial charge < -0.3 is 20.3 Å². The standard InChI is InChI=1S/C29H28Cl2N4O6S/c1-4-19-17(15-35(2)28(37)26-32-21-10-5-6-11-22(21)33-26)14-20(30)24(25(19)31)27(36)34-23(29(38)39)13-16-8-7-9-18(12-16)42(3,40)41/h5-12,14,23H,4,13,15H2,1-3H3,(H,32,33)(H,34,36)(H,38,39)/t23-/m0/s1. The van der Waals surface area contributed by atoms with Crippen molar-refractivity contribution in [1.29, 1.82) is 0 Å². The number of carbonyl (C=O) groups is 3. The van der Waals surface area contributed by atoms with E-state index in [9.17, 15) is 27.9 Å². The van der Waals surface area contributed by atoms with E-state index in [0.717, 1.165) is 11.8 Å². The monoisotopic (exact) mass is 630 g/mol. The number of aromatic nitrogens is 2. The highest BCUT2D eigenvalue weighted by atomic mass is 35.5. The maximum Gasteiger partial charge on any atom is 0.326 e. The van der Waals surface area contributed by atoms with E-state index in [1.165, 1.54) is 29.2 Å². The smallest absolute Gasteiger partial charge is 0.326 e. The number of benzene rings is 3. The molecule has 0 unspecified atom stereocenters. The van der Waals surface area contributed by atoms with Gasteiger partial charge in [-0.2, -0.15) is 0 Å². The number of carboxylic acids is 1. The highest BCUT2D eigenvalue weighted by molar-refractivity contribution is 7.90. The minimum Gasteiger partial charge on any atom is -0.480 e. The first-order valence-electron chi connectivity index (χ1n) is 12.8. The van der Waals surface area contributed by atoms with Crippen LogP contribution in [0, 0.1) is 0 Å². The normalized spacial score (nSPS) is 12.2. The number of para-hydroxylation sites is 2. The van der Waals surface area contributed by atoms with Crippen molar-refractivity contribution in [3.8, 4) is 0 Å². The van der Waals surface area contributed by atoms with E-state index in [2.05, 4.69) is 15.3 Å². The van der Waals surface area contributed by atoms with E-state index in [4.69, 9.17) is 23.2 Å². The zero-order valence-corrected chi connectivity index (χ0v) is 25.3. The van der Waals surface area contributed by atoms with Crippen LogP contribution in [0.3, 0.4) is 0 Å². The first-order chi connectivity index (χ1) is 19.8. The first-order valence-corrected chi connectivity index (χ1v) is 15.5. The molecule has 1 heterocycles. The Hall–Kier alpha value is -3.93. The maximum absolute atomic E-state index is 13.3. The number of carbonyl (C=O) groups excluding carboxylic acids is 2. The van der Waals surface area contributed by atoms with Gasteiger partial charge in [0.1, 0.15) is 6.04 Å². The highest BCUT2D eigenvalue weighted by Crippen LogP contribution is 2.33. The second kappa shape index (κ2) is 12.5. The van der Waals surface area contributed by atoms with E-state index in [1.54, 1.807) is 19.2 Å². The molecule has 220 valence electrons. The van der Waals surface area contributed by atoms with Crippen LogP contribution in [0.2, 0.25) is 10.0 Å². The predicted octanol–water partition coefficient (Wildman–Crippen LogP) is 4.53. The van der Waals surface area contributed by atoms with E-state index < -0.39 is 27.8 Å². The summed E-state index contributed by atoms with van der Waals surface area (Å²) in [7, 11) is -1.90. The molecule has 3 aromatic carbocycles. The van der Waals surface area contributed by atoms with Gasteiger partial charge in [-0.15, -0.1) is 0 Å². The SMILES string of the molecule is CCc1c(CN(C)C(=O)c2nc3ccccc3[nH]2)cc(Cl)c(C(=O)N[C@@H](Cc2cccc(S(C)(=O)=O)c2)C(=O)O)c1Cl. The Morgan fingerprint density at radius 3 is 2.45 bits per heavy atom. The summed E-state index contributed by atoms with van der Waals surface area (Å²) >= 11 is 13.2. The van der Waals surface area contributed by atoms with Crippen molar-refractivity contribution < 1.29 is 27.9 Å². The van der Waals surface area contributed by atoms with Gasteiger partial charge in [0.05, 0.1) is 31.5 Å². The molecule has 0 spiro atoms. The van der Waals surface area contributed by atoms with Gasteiger partial charge in [-0.05, 0) is 53.4 Å². The van der Waals surface area contributed by atoms with Crippen molar-refractivity contribution in [3.63, 3.8) is 0 Å². The van der Waals surface area contributed by atoms with Crippen LogP contribution < -0.4 is 5.32 Å². The lowest BCUT2D eigenvalue weighted by molar-refractivity contribution is -0.139. The van der Waals surface area contributed by atoms with Crippen molar-refractivity contribution in [2.75, 3.05) is 13.3 Å². The molecule has 4 aromatic rings. The van der Waals surface area contributed by atoms with Gasteiger partial charge in [0.2, 0.25) is 0 Å². The molecule has 0 aliphatic heterocycles. The van der Waals surface area contributed by atoms with Crippen LogP contribution >= 0.6 is 23.2 Å². The second-order valence-electron chi connectivity index (χ2n) is 9.79. The molecule has 13 heteroatoms. The van der Waals surface area contributed by atoms with Crippen molar-refractivity contribution in [3.05, 3.63) is 92.7 Å². The Kier molecular flexibility index (Phi) is 9.24. The quantitative estimate of drug-likeness (QED) is 0.233. The third kappa shape index (κ3) is 6.75. The van der Waals surface area contributed by atoms with Gasteiger partial charge in [-0.1, -0.05) is 54.4 Å². The third-order valence-electron chi connectivity index (χ3n) is 6.71. The van der Waals surface area contributed by atoms with Crippen LogP contribution in [0.1, 0.15) is 44.6 Å². The van der Waals surface area contributed by atoms with Crippen molar-refractivity contribution >= 4 is 61.9 Å². The summed E-state index contributed by atoms with van der Waals surface area (Å²) in [5.74, 6) is -2.30. The number of hydrogen-bond acceptors (Lipinski definition) is 6. The Labute approximate surface area is 252 Å². The van der Waals surface area contributed by atoms with E-state index in [1.807, 2.05) is 25.1 Å². The van der Waals surface area contributed by atoms with Crippen LogP contribution in [0.25, 0.3) is 11.0 Å². The molecule has 0 saturated carbocycles. The fourth-order valence-electron chi connectivity index (χ4n) is 4.57. The average Bonchev–Trinajstić information content (AvgIpc) is 3.36. The average molecular weight is 632 g/mol. The number of imidazole rings is 1. The molecule has 1 aromatic heterocycles. The van der Waals surface area contributed by atoms with E-state index >= 15 is 0 Å². The second-order valence-corrected chi connectivity index (χ2v) is 12.6. The van der Waals surface area contributed by atoms with Gasteiger partial charge in [0, 0.05) is 26.3 Å². The number of H-pyrrole nitrogens is 1. The molecule has 0 bridgehead atoms. The van der Waals surface area contributed by atoms with Crippen LogP contribution in [0.15, 0.2) is 59.5 Å². The van der Waals surface area contributed by atoms with Crippen LogP contribution in [0.4, 0.5) is 0 Å². The molecule has 0 fully saturated rings. The summed E-state index contributed by atoms with van der Waals surface area (Å²) in [4.78, 5) is 47.2. The Balaban J connectivity index is 1.56. The Morgan fingerprint density at radius 2 is 1.81 bits per heavy atom. The number of hydrogen-bond donors (Lipinski definition) is 3. The number of carboxylic acid groups (broad SMARTS) is 1. The third-order valence-corrected chi connectivity index (χ3v) is 8.53. The summed E-state index contributed by atoms with van der Waals surface area (Å²) < 4.78 is 23.8. The van der Waals surface area contributed by atoms with Crippen molar-refractivity contribution in [1.82, 2.24) is 20.2 Å². The number of amides is 2. The Bertz CT molecular complexity index is 1770. The van der Waals surface area contributed by atoms with Crippen LogP contribution in [-0.2, 0) is 34.0 Å². The summed E-state index contributed by atoms with van der Waals surface area (Å²) in [6.07, 6.45) is 1.28. The molecule has 0 aliphatic carbocycles. The van der Waals surface area contributed by atoms with Crippen molar-refractivity contribution in [2.24, 2.45) is 0 Å². The molecule has 42 heavy (non-hydrogen) atoms. The highest BCUT2D eigenvalue weighted by Gasteiger charge is 2.27. The zero-order valence-electron chi connectivity index (χ0n) is 22.9. The molecule has 2 amide bonds. The van der Waals surface area contributed by atoms with Crippen molar-refractivity contribution in [2.45, 2.75) is 37.2 Å². The zero-order chi connectivity index (χ0) is 30.8. The number of fused-ring (bicyclic) bond motifs is 1. The van der Waals surface area contributed by atoms with Gasteiger partial charge in [0.15, 0.2) is 15.7 Å². The minimum atomic E-state index is -3.51. The number of nitrogens with one attached hydrogen (secondary N) is 2.